The lowest BCUT2D eigenvalue weighted by atomic mass is 10.1. The summed E-state index contributed by atoms with van der Waals surface area (Å²) in [7, 11) is 0. The van der Waals surface area contributed by atoms with Crippen molar-refractivity contribution < 1.29 is 19.8 Å². The predicted molar refractivity (Wildman–Crippen MR) is 36.0 cm³/mol. The van der Waals surface area contributed by atoms with Crippen LogP contribution in [0.2, 0.25) is 0 Å². The molecular formula is C7H10O4. The lowest BCUT2D eigenvalue weighted by Crippen LogP contribution is -2.17. The molecule has 1 aliphatic rings. The number of rotatable bonds is 2. The van der Waals surface area contributed by atoms with Gasteiger partial charge in [-0.05, 0) is 12.8 Å². The van der Waals surface area contributed by atoms with Gasteiger partial charge in [0.15, 0.2) is 0 Å². The molecule has 0 radical (unpaired) electrons. The molecule has 11 heavy (non-hydrogen) atoms. The summed E-state index contributed by atoms with van der Waals surface area (Å²) in [5, 5.41) is 17.2. The average Bonchev–Trinajstić information content (AvgIpc) is 2.37. The number of hydrogen-bond acceptors (Lipinski definition) is 2. The first-order chi connectivity index (χ1) is 4.92. The molecule has 0 unspecified atom stereocenters. The molecule has 0 heterocycles. The Balaban J connectivity index is 2.81. The third-order valence-electron chi connectivity index (χ3n) is 2.71. The van der Waals surface area contributed by atoms with Gasteiger partial charge in [0.2, 0.25) is 0 Å². The molecule has 2 N–H and O–H groups in total. The monoisotopic (exact) mass is 158 g/mol. The Morgan fingerprint density at radius 3 is 1.91 bits per heavy atom. The smallest absolute Gasteiger partial charge is 0.310 e. The van der Waals surface area contributed by atoms with Crippen molar-refractivity contribution in [2.75, 3.05) is 0 Å². The van der Waals surface area contributed by atoms with Gasteiger partial charge < -0.3 is 10.2 Å². The second-order valence-corrected chi connectivity index (χ2v) is 3.19. The molecule has 0 aromatic heterocycles. The Labute approximate surface area is 63.8 Å². The molecule has 4 nitrogen and oxygen atoms in total. The first-order valence-corrected chi connectivity index (χ1v) is 3.38. The quantitative estimate of drug-likeness (QED) is 0.611. The van der Waals surface area contributed by atoms with Crippen molar-refractivity contribution in [2.45, 2.75) is 13.8 Å². The van der Waals surface area contributed by atoms with Crippen molar-refractivity contribution in [2.24, 2.45) is 17.3 Å². The van der Waals surface area contributed by atoms with Crippen LogP contribution in [0.3, 0.4) is 0 Å². The first-order valence-electron chi connectivity index (χ1n) is 3.38. The van der Waals surface area contributed by atoms with Gasteiger partial charge in [-0.25, -0.2) is 0 Å². The number of hydrogen-bond donors (Lipinski definition) is 2. The van der Waals surface area contributed by atoms with Gasteiger partial charge in [-0.1, -0.05) is 6.92 Å². The highest BCUT2D eigenvalue weighted by Gasteiger charge is 2.68. The van der Waals surface area contributed by atoms with Gasteiger partial charge in [0.1, 0.15) is 0 Å². The van der Waals surface area contributed by atoms with Crippen molar-refractivity contribution >= 4 is 11.9 Å². The molecule has 1 rings (SSSR count). The highest BCUT2D eigenvalue weighted by molar-refractivity contribution is 5.89. The molecule has 0 saturated heterocycles. The third-order valence-corrected chi connectivity index (χ3v) is 2.71. The van der Waals surface area contributed by atoms with E-state index in [0.717, 1.165) is 0 Å². The normalized spacial score (nSPS) is 41.6. The summed E-state index contributed by atoms with van der Waals surface area (Å²) >= 11 is 0. The van der Waals surface area contributed by atoms with E-state index in [2.05, 4.69) is 0 Å². The number of aliphatic carboxylic acids is 2. The topological polar surface area (TPSA) is 74.6 Å². The number of carboxylic acids is 2. The van der Waals surface area contributed by atoms with Crippen LogP contribution in [-0.2, 0) is 9.59 Å². The van der Waals surface area contributed by atoms with Gasteiger partial charge in [0.05, 0.1) is 11.3 Å². The van der Waals surface area contributed by atoms with Crippen molar-refractivity contribution in [3.8, 4) is 0 Å². The second kappa shape index (κ2) is 1.96. The molecule has 62 valence electrons. The van der Waals surface area contributed by atoms with Crippen molar-refractivity contribution in [1.82, 2.24) is 0 Å². The first kappa shape index (κ1) is 8.04. The molecule has 4 heteroatoms. The SMILES string of the molecule is C[C@@H]1[C@@H](C(=O)O)[C@@]1(C)C(=O)O. The van der Waals surface area contributed by atoms with Crippen LogP contribution in [0.25, 0.3) is 0 Å². The minimum absolute atomic E-state index is 0.252. The Hall–Kier alpha value is -1.06. The van der Waals surface area contributed by atoms with E-state index in [4.69, 9.17) is 10.2 Å². The largest absolute Gasteiger partial charge is 0.481 e. The summed E-state index contributed by atoms with van der Waals surface area (Å²) in [5.41, 5.74) is -1.04. The maximum absolute atomic E-state index is 10.5. The van der Waals surface area contributed by atoms with E-state index < -0.39 is 23.3 Å². The van der Waals surface area contributed by atoms with Gasteiger partial charge in [-0.15, -0.1) is 0 Å². The second-order valence-electron chi connectivity index (χ2n) is 3.19. The molecule has 0 aliphatic heterocycles. The summed E-state index contributed by atoms with van der Waals surface area (Å²) in [6.07, 6.45) is 0. The van der Waals surface area contributed by atoms with Crippen LogP contribution < -0.4 is 0 Å². The maximum atomic E-state index is 10.5. The van der Waals surface area contributed by atoms with Crippen molar-refractivity contribution in [3.63, 3.8) is 0 Å². The van der Waals surface area contributed by atoms with E-state index in [1.165, 1.54) is 6.92 Å². The van der Waals surface area contributed by atoms with E-state index in [9.17, 15) is 9.59 Å². The Morgan fingerprint density at radius 2 is 1.82 bits per heavy atom. The van der Waals surface area contributed by atoms with Crippen LogP contribution in [0.5, 0.6) is 0 Å². The fourth-order valence-corrected chi connectivity index (χ4v) is 1.53. The number of carbonyl (C=O) groups is 2. The molecule has 0 aromatic rings. The third kappa shape index (κ3) is 0.818. The molecule has 0 amide bonds. The average molecular weight is 158 g/mol. The molecular weight excluding hydrogens is 148 g/mol. The minimum atomic E-state index is -1.04. The van der Waals surface area contributed by atoms with E-state index in [1.807, 2.05) is 0 Å². The molecule has 1 aliphatic carbocycles. The molecule has 0 aromatic carbocycles. The van der Waals surface area contributed by atoms with Crippen LogP contribution >= 0.6 is 0 Å². The Bertz CT molecular complexity index is 222. The van der Waals surface area contributed by atoms with Gasteiger partial charge >= 0.3 is 11.9 Å². The zero-order chi connectivity index (χ0) is 8.81. The summed E-state index contributed by atoms with van der Waals surface area (Å²) < 4.78 is 0. The van der Waals surface area contributed by atoms with Crippen LogP contribution in [0.15, 0.2) is 0 Å². The summed E-state index contributed by atoms with van der Waals surface area (Å²) in [6.45, 7) is 3.12. The van der Waals surface area contributed by atoms with E-state index in [1.54, 1.807) is 6.92 Å². The summed E-state index contributed by atoms with van der Waals surface area (Å²) in [4.78, 5) is 21.0. The standard InChI is InChI=1S/C7H10O4/c1-3-4(5(8)9)7(3,2)6(10)11/h3-4H,1-2H3,(H,8,9)(H,10,11)/t3-,4+,7+/m1/s1. The van der Waals surface area contributed by atoms with E-state index >= 15 is 0 Å². The Kier molecular flexibility index (Phi) is 1.44. The maximum Gasteiger partial charge on any atom is 0.310 e. The van der Waals surface area contributed by atoms with Crippen molar-refractivity contribution in [3.05, 3.63) is 0 Å². The fourth-order valence-electron chi connectivity index (χ4n) is 1.53. The van der Waals surface area contributed by atoms with E-state index in [0.29, 0.717) is 0 Å². The zero-order valence-corrected chi connectivity index (χ0v) is 6.37. The van der Waals surface area contributed by atoms with Gasteiger partial charge in [-0.2, -0.15) is 0 Å². The molecule has 3 atom stereocenters. The predicted octanol–water partition coefficient (Wildman–Crippen LogP) is 0.428. The van der Waals surface area contributed by atoms with Gasteiger partial charge in [0.25, 0.3) is 0 Å². The van der Waals surface area contributed by atoms with Crippen LogP contribution in [0, 0.1) is 17.3 Å². The minimum Gasteiger partial charge on any atom is -0.481 e. The Morgan fingerprint density at radius 1 is 1.36 bits per heavy atom. The highest BCUT2D eigenvalue weighted by Crippen LogP contribution is 2.58. The molecule has 1 saturated carbocycles. The summed E-state index contributed by atoms with van der Waals surface area (Å²) in [5.74, 6) is -2.99. The van der Waals surface area contributed by atoms with Crippen LogP contribution in [-0.4, -0.2) is 22.2 Å². The van der Waals surface area contributed by atoms with Gasteiger partial charge in [-0.3, -0.25) is 9.59 Å². The van der Waals surface area contributed by atoms with Crippen molar-refractivity contribution in [1.29, 1.82) is 0 Å². The lowest BCUT2D eigenvalue weighted by molar-refractivity contribution is -0.148. The highest BCUT2D eigenvalue weighted by atomic mass is 16.4. The fraction of sp³-hybridized carbons (Fsp3) is 0.714. The summed E-state index contributed by atoms with van der Waals surface area (Å²) in [6, 6.07) is 0. The van der Waals surface area contributed by atoms with Gasteiger partial charge in [0, 0.05) is 0 Å². The molecule has 1 fully saturated rings. The zero-order valence-electron chi connectivity index (χ0n) is 6.37. The number of carboxylic acid groups (broad SMARTS) is 2. The van der Waals surface area contributed by atoms with Crippen LogP contribution in [0.1, 0.15) is 13.8 Å². The molecule has 0 bridgehead atoms. The van der Waals surface area contributed by atoms with E-state index in [-0.39, 0.29) is 5.92 Å². The molecule has 0 spiro atoms. The lowest BCUT2D eigenvalue weighted by Gasteiger charge is -2.00. The van der Waals surface area contributed by atoms with Crippen LogP contribution in [0.4, 0.5) is 0 Å².